The van der Waals surface area contributed by atoms with E-state index >= 15 is 0 Å². The monoisotopic (exact) mass is 1380 g/mol. The van der Waals surface area contributed by atoms with Crippen molar-refractivity contribution < 1.29 is 80.2 Å². The maximum atomic E-state index is 13.1. The third-order valence-electron chi connectivity index (χ3n) is 17.4. The molecule has 0 saturated heterocycles. The summed E-state index contributed by atoms with van der Waals surface area (Å²) in [5.41, 5.74) is 0. The largest absolute Gasteiger partial charge is 0.472 e. The molecule has 0 aromatic rings. The van der Waals surface area contributed by atoms with Gasteiger partial charge in [-0.2, -0.15) is 0 Å². The first kappa shape index (κ1) is 92.1. The Kier molecular flexibility index (Phi) is 64.3. The number of ether oxygens (including phenoxy) is 4. The van der Waals surface area contributed by atoms with Crippen LogP contribution in [0.2, 0.25) is 0 Å². The molecule has 17 nitrogen and oxygen atoms in total. The van der Waals surface area contributed by atoms with Gasteiger partial charge in [0.1, 0.15) is 19.3 Å². The van der Waals surface area contributed by atoms with Crippen molar-refractivity contribution in [1.82, 2.24) is 0 Å². The molecule has 0 spiro atoms. The van der Waals surface area contributed by atoms with Gasteiger partial charge in [-0.1, -0.05) is 331 Å². The minimum absolute atomic E-state index is 0.106. The molecule has 94 heavy (non-hydrogen) atoms. The lowest BCUT2D eigenvalue weighted by atomic mass is 10.0. The SMILES string of the molecule is CCCCCCCC(=O)OC[C@H](COP(=O)(O)OC[C@H](O)COP(=O)(O)OC[C@@H](COC(=O)CCCCCCCCCCCCCCCC(C)C)OC(=O)CCCCCCCCCCCCCCCCCC(C)C)OC(=O)CCCCCCCCCCCCCCC(C)C. The van der Waals surface area contributed by atoms with E-state index in [1.165, 1.54) is 186 Å². The van der Waals surface area contributed by atoms with Gasteiger partial charge >= 0.3 is 39.5 Å². The average Bonchev–Trinajstić information content (AvgIpc) is 1.52. The van der Waals surface area contributed by atoms with Gasteiger partial charge in [-0.3, -0.25) is 37.3 Å². The van der Waals surface area contributed by atoms with Gasteiger partial charge in [-0.05, 0) is 43.4 Å². The topological polar surface area (TPSA) is 237 Å². The second kappa shape index (κ2) is 65.7. The second-order valence-electron chi connectivity index (χ2n) is 28.5. The highest BCUT2D eigenvalue weighted by atomic mass is 31.2. The van der Waals surface area contributed by atoms with Gasteiger partial charge in [-0.25, -0.2) is 9.13 Å². The lowest BCUT2D eigenvalue weighted by Gasteiger charge is -2.21. The zero-order valence-corrected chi connectivity index (χ0v) is 63.2. The van der Waals surface area contributed by atoms with E-state index in [0.717, 1.165) is 114 Å². The lowest BCUT2D eigenvalue weighted by molar-refractivity contribution is -0.161. The average molecular weight is 1380 g/mol. The van der Waals surface area contributed by atoms with Crippen molar-refractivity contribution >= 4 is 39.5 Å². The van der Waals surface area contributed by atoms with Crippen LogP contribution in [0.4, 0.5) is 0 Å². The van der Waals surface area contributed by atoms with Crippen LogP contribution in [0.15, 0.2) is 0 Å². The highest BCUT2D eigenvalue weighted by Gasteiger charge is 2.30. The molecule has 0 aliphatic heterocycles. The van der Waals surface area contributed by atoms with Gasteiger partial charge in [-0.15, -0.1) is 0 Å². The summed E-state index contributed by atoms with van der Waals surface area (Å²) in [4.78, 5) is 72.5. The maximum Gasteiger partial charge on any atom is 0.472 e. The number of phosphoric acid groups is 2. The Morgan fingerprint density at radius 2 is 0.489 bits per heavy atom. The molecule has 0 aliphatic rings. The molecule has 3 N–H and O–H groups in total. The number of hydrogen-bond donors (Lipinski definition) is 3. The predicted molar refractivity (Wildman–Crippen MR) is 381 cm³/mol. The molecule has 19 heteroatoms. The van der Waals surface area contributed by atoms with Gasteiger partial charge < -0.3 is 33.8 Å². The lowest BCUT2D eigenvalue weighted by Crippen LogP contribution is -2.30. The number of carbonyl (C=O) groups excluding carboxylic acids is 4. The van der Waals surface area contributed by atoms with Gasteiger partial charge in [0, 0.05) is 25.7 Å². The summed E-state index contributed by atoms with van der Waals surface area (Å²) in [6.07, 6.45) is 51.7. The summed E-state index contributed by atoms with van der Waals surface area (Å²) in [6, 6.07) is 0. The van der Waals surface area contributed by atoms with E-state index < -0.39 is 97.5 Å². The van der Waals surface area contributed by atoms with Crippen LogP contribution in [0.25, 0.3) is 0 Å². The summed E-state index contributed by atoms with van der Waals surface area (Å²) in [5.74, 6) is 0.241. The van der Waals surface area contributed by atoms with Crippen molar-refractivity contribution in [2.24, 2.45) is 17.8 Å². The molecular formula is C75H146O17P2. The van der Waals surface area contributed by atoms with E-state index in [0.29, 0.717) is 25.7 Å². The molecule has 0 saturated carbocycles. The van der Waals surface area contributed by atoms with Crippen molar-refractivity contribution in [1.29, 1.82) is 0 Å². The highest BCUT2D eigenvalue weighted by Crippen LogP contribution is 2.45. The molecule has 0 rings (SSSR count). The minimum Gasteiger partial charge on any atom is -0.462 e. The Labute approximate surface area is 575 Å². The number of carbonyl (C=O) groups is 4. The highest BCUT2D eigenvalue weighted by molar-refractivity contribution is 7.47. The Balaban J connectivity index is 5.15. The van der Waals surface area contributed by atoms with Crippen molar-refractivity contribution in [2.45, 2.75) is 401 Å². The van der Waals surface area contributed by atoms with Crippen molar-refractivity contribution in [3.63, 3.8) is 0 Å². The fraction of sp³-hybridized carbons (Fsp3) is 0.947. The molecule has 0 heterocycles. The minimum atomic E-state index is -4.96. The first-order valence-corrected chi connectivity index (χ1v) is 41.8. The predicted octanol–water partition coefficient (Wildman–Crippen LogP) is 21.8. The standard InChI is InChI=1S/C75H146O17P2/c1-8-9-10-39-49-56-72(77)85-62-70(91-74(79)58-52-45-38-32-26-20-19-23-29-35-42-48-55-68(6)7)64-89-93(81,82)87-60-69(76)61-88-94(83,84)90-65-71(63-86-73(78)57-50-43-36-30-24-18-14-16-22-28-34-41-47-54-67(4)5)92-75(80)59-51-44-37-31-25-17-13-11-12-15-21-27-33-40-46-53-66(2)3/h66-71,76H,8-65H2,1-7H3,(H,81,82)(H,83,84)/t69-,70+,71+/m0/s1. The summed E-state index contributed by atoms with van der Waals surface area (Å²) >= 11 is 0. The fourth-order valence-corrected chi connectivity index (χ4v) is 13.0. The second-order valence-corrected chi connectivity index (χ2v) is 31.4. The first-order chi connectivity index (χ1) is 45.2. The van der Waals surface area contributed by atoms with Crippen LogP contribution >= 0.6 is 15.6 Å². The zero-order valence-electron chi connectivity index (χ0n) is 61.4. The molecule has 0 aromatic heterocycles. The first-order valence-electron chi connectivity index (χ1n) is 38.8. The third kappa shape index (κ3) is 68.6. The summed E-state index contributed by atoms with van der Waals surface area (Å²) in [7, 11) is -9.90. The summed E-state index contributed by atoms with van der Waals surface area (Å²) in [5, 5.41) is 10.6. The molecule has 0 aromatic carbocycles. The molecule has 0 fully saturated rings. The van der Waals surface area contributed by atoms with Crippen molar-refractivity contribution in [3.8, 4) is 0 Å². The Bertz CT molecular complexity index is 1840. The van der Waals surface area contributed by atoms with Crippen LogP contribution in [-0.4, -0.2) is 96.7 Å². The molecule has 0 amide bonds. The molecule has 0 radical (unpaired) electrons. The molecule has 0 bridgehead atoms. The number of rotatable bonds is 73. The van der Waals surface area contributed by atoms with Gasteiger partial charge in [0.15, 0.2) is 12.2 Å². The van der Waals surface area contributed by atoms with E-state index in [1.54, 1.807) is 0 Å². The number of unbranched alkanes of at least 4 members (excludes halogenated alkanes) is 41. The van der Waals surface area contributed by atoms with Crippen molar-refractivity contribution in [2.75, 3.05) is 39.6 Å². The van der Waals surface area contributed by atoms with Crippen LogP contribution < -0.4 is 0 Å². The van der Waals surface area contributed by atoms with E-state index in [4.69, 9.17) is 37.0 Å². The zero-order chi connectivity index (χ0) is 69.4. The van der Waals surface area contributed by atoms with Crippen LogP contribution in [0.3, 0.4) is 0 Å². The molecule has 0 aliphatic carbocycles. The fourth-order valence-electron chi connectivity index (χ4n) is 11.4. The number of hydrogen-bond acceptors (Lipinski definition) is 15. The molecular weight excluding hydrogens is 1230 g/mol. The van der Waals surface area contributed by atoms with Crippen LogP contribution in [0.1, 0.15) is 382 Å². The Hall–Kier alpha value is -1.94. The van der Waals surface area contributed by atoms with Crippen LogP contribution in [-0.2, 0) is 65.4 Å². The van der Waals surface area contributed by atoms with Crippen LogP contribution in [0, 0.1) is 17.8 Å². The van der Waals surface area contributed by atoms with E-state index in [2.05, 4.69) is 48.5 Å². The summed E-state index contributed by atoms with van der Waals surface area (Å²) in [6.45, 7) is 11.9. The van der Waals surface area contributed by atoms with Gasteiger partial charge in [0.2, 0.25) is 0 Å². The van der Waals surface area contributed by atoms with Crippen LogP contribution in [0.5, 0.6) is 0 Å². The van der Waals surface area contributed by atoms with Gasteiger partial charge in [0.05, 0.1) is 26.4 Å². The number of phosphoric ester groups is 2. The Morgan fingerprint density at radius 1 is 0.287 bits per heavy atom. The molecule has 558 valence electrons. The van der Waals surface area contributed by atoms with Gasteiger partial charge in [0.25, 0.3) is 0 Å². The smallest absolute Gasteiger partial charge is 0.462 e. The van der Waals surface area contributed by atoms with E-state index in [9.17, 15) is 43.2 Å². The number of aliphatic hydroxyl groups excluding tert-OH is 1. The number of aliphatic hydroxyl groups is 1. The van der Waals surface area contributed by atoms with E-state index in [1.807, 2.05) is 0 Å². The maximum absolute atomic E-state index is 13.1. The van der Waals surface area contributed by atoms with Crippen molar-refractivity contribution in [3.05, 3.63) is 0 Å². The Morgan fingerprint density at radius 3 is 0.723 bits per heavy atom. The quantitative estimate of drug-likeness (QED) is 0.0222. The third-order valence-corrected chi connectivity index (χ3v) is 19.3. The normalized spacial score (nSPS) is 14.1. The number of esters is 4. The van der Waals surface area contributed by atoms with E-state index in [-0.39, 0.29) is 25.7 Å². The molecule has 5 atom stereocenters. The summed E-state index contributed by atoms with van der Waals surface area (Å²) < 4.78 is 68.3. The molecule has 2 unspecified atom stereocenters.